The second-order valence-corrected chi connectivity index (χ2v) is 8.22. The van der Waals surface area contributed by atoms with Crippen LogP contribution in [-0.4, -0.2) is 39.8 Å². The van der Waals surface area contributed by atoms with Gasteiger partial charge >= 0.3 is 5.97 Å². The number of amides is 1. The third kappa shape index (κ3) is 4.27. The van der Waals surface area contributed by atoms with Crippen molar-refractivity contribution in [2.45, 2.75) is 50.4 Å². The molecule has 1 amide bonds. The lowest BCUT2D eigenvalue weighted by Crippen LogP contribution is -2.33. The van der Waals surface area contributed by atoms with E-state index < -0.39 is 23.1 Å². The maximum absolute atomic E-state index is 12.7. The minimum Gasteiger partial charge on any atom is -0.454 e. The van der Waals surface area contributed by atoms with Crippen molar-refractivity contribution in [3.05, 3.63) is 46.8 Å². The smallest absolute Gasteiger partial charge is 0.308 e. The van der Waals surface area contributed by atoms with Crippen molar-refractivity contribution in [3.8, 4) is 0 Å². The number of benzene rings is 1. The summed E-state index contributed by atoms with van der Waals surface area (Å²) in [4.78, 5) is 52.8. The van der Waals surface area contributed by atoms with Crippen LogP contribution in [0.2, 0.25) is 0 Å². The number of nitrogens with one attached hydrogen (secondary N) is 2. The second-order valence-electron chi connectivity index (χ2n) is 6.97. The van der Waals surface area contributed by atoms with Crippen LogP contribution >= 0.6 is 11.8 Å². The van der Waals surface area contributed by atoms with Crippen molar-refractivity contribution < 1.29 is 23.9 Å². The molecule has 0 saturated heterocycles. The van der Waals surface area contributed by atoms with Gasteiger partial charge in [-0.05, 0) is 45.4 Å². The number of aromatic nitrogens is 1. The van der Waals surface area contributed by atoms with E-state index in [9.17, 15) is 19.2 Å². The van der Waals surface area contributed by atoms with Crippen LogP contribution in [0.3, 0.4) is 0 Å². The maximum Gasteiger partial charge on any atom is 0.308 e. The number of hydrogen-bond acceptors (Lipinski definition) is 6. The largest absolute Gasteiger partial charge is 0.454 e. The Labute approximate surface area is 172 Å². The predicted molar refractivity (Wildman–Crippen MR) is 109 cm³/mol. The number of aryl methyl sites for hydroxylation is 1. The van der Waals surface area contributed by atoms with E-state index in [2.05, 4.69) is 10.3 Å². The van der Waals surface area contributed by atoms with Gasteiger partial charge in [0.2, 0.25) is 11.7 Å². The molecule has 2 N–H and O–H groups in total. The summed E-state index contributed by atoms with van der Waals surface area (Å²) in [6.45, 7) is 6.31. The predicted octanol–water partition coefficient (Wildman–Crippen LogP) is 3.45. The monoisotopic (exact) mass is 414 g/mol. The molecular weight excluding hydrogens is 392 g/mol. The minimum atomic E-state index is -1.04. The van der Waals surface area contributed by atoms with Gasteiger partial charge in [-0.1, -0.05) is 12.1 Å². The van der Waals surface area contributed by atoms with Crippen molar-refractivity contribution in [1.29, 1.82) is 0 Å². The number of Topliss-reactive ketones (excluding diaryl/α,β-unsaturated/α-hetero) is 2. The molecule has 29 heavy (non-hydrogen) atoms. The summed E-state index contributed by atoms with van der Waals surface area (Å²) in [7, 11) is 0. The summed E-state index contributed by atoms with van der Waals surface area (Å²) in [5.41, 5.74) is 2.59. The third-order valence-electron chi connectivity index (χ3n) is 4.77. The number of ether oxygens (including phenoxy) is 1. The summed E-state index contributed by atoms with van der Waals surface area (Å²) < 4.78 is 5.28. The first-order valence-electron chi connectivity index (χ1n) is 9.19. The number of anilines is 1. The van der Waals surface area contributed by atoms with E-state index in [0.717, 1.165) is 10.6 Å². The zero-order valence-corrected chi connectivity index (χ0v) is 17.4. The Bertz CT molecular complexity index is 1010. The molecule has 2 aromatic rings. The number of hydrogen-bond donors (Lipinski definition) is 2. The molecule has 152 valence electrons. The van der Waals surface area contributed by atoms with E-state index in [1.165, 1.54) is 25.6 Å². The SMILES string of the molecule is CC(=O)c1c(C)[nH]c(C(=O)[C@H](C)OC(=O)C[C@@H]2Sc3ccccc3NC2=O)c1C. The number of fused-ring (bicyclic) bond motifs is 1. The van der Waals surface area contributed by atoms with Gasteiger partial charge in [0, 0.05) is 16.2 Å². The molecular formula is C21H22N2O5S. The first-order chi connectivity index (χ1) is 13.7. The lowest BCUT2D eigenvalue weighted by atomic mass is 10.0. The third-order valence-corrected chi connectivity index (χ3v) is 6.05. The highest BCUT2D eigenvalue weighted by Crippen LogP contribution is 2.36. The molecule has 0 bridgehead atoms. The Kier molecular flexibility index (Phi) is 5.93. The van der Waals surface area contributed by atoms with Crippen LogP contribution < -0.4 is 5.32 Å². The van der Waals surface area contributed by atoms with E-state index in [-0.39, 0.29) is 23.8 Å². The number of carbonyl (C=O) groups excluding carboxylic acids is 4. The average molecular weight is 414 g/mol. The van der Waals surface area contributed by atoms with Gasteiger partial charge in [-0.15, -0.1) is 11.8 Å². The zero-order valence-electron chi connectivity index (χ0n) is 16.6. The summed E-state index contributed by atoms with van der Waals surface area (Å²) in [5.74, 6) is -1.46. The molecule has 0 unspecified atom stereocenters. The van der Waals surface area contributed by atoms with E-state index in [1.807, 2.05) is 18.2 Å². The molecule has 0 aliphatic carbocycles. The molecule has 2 heterocycles. The Morgan fingerprint density at radius 3 is 2.55 bits per heavy atom. The molecule has 0 radical (unpaired) electrons. The van der Waals surface area contributed by atoms with Crippen LogP contribution in [0.4, 0.5) is 5.69 Å². The van der Waals surface area contributed by atoms with Gasteiger partial charge in [0.05, 0.1) is 23.1 Å². The zero-order chi connectivity index (χ0) is 21.3. The number of aromatic amines is 1. The molecule has 7 nitrogen and oxygen atoms in total. The van der Waals surface area contributed by atoms with Crippen LogP contribution in [0.1, 0.15) is 52.4 Å². The van der Waals surface area contributed by atoms with Crippen LogP contribution in [0.5, 0.6) is 0 Å². The van der Waals surface area contributed by atoms with Gasteiger partial charge < -0.3 is 15.0 Å². The van der Waals surface area contributed by atoms with Crippen molar-refractivity contribution in [1.82, 2.24) is 4.98 Å². The van der Waals surface area contributed by atoms with E-state index in [0.29, 0.717) is 16.8 Å². The summed E-state index contributed by atoms with van der Waals surface area (Å²) in [6, 6.07) is 7.34. The highest BCUT2D eigenvalue weighted by molar-refractivity contribution is 8.01. The number of rotatable bonds is 6. The van der Waals surface area contributed by atoms with Gasteiger partial charge in [-0.3, -0.25) is 19.2 Å². The van der Waals surface area contributed by atoms with Crippen LogP contribution in [0.15, 0.2) is 29.2 Å². The minimum absolute atomic E-state index is 0.138. The Morgan fingerprint density at radius 1 is 1.21 bits per heavy atom. The fourth-order valence-electron chi connectivity index (χ4n) is 3.40. The fraction of sp³-hybridized carbons (Fsp3) is 0.333. The average Bonchev–Trinajstić information content (AvgIpc) is 2.95. The summed E-state index contributed by atoms with van der Waals surface area (Å²) in [6.07, 6.45) is -1.19. The quantitative estimate of drug-likeness (QED) is 0.554. The van der Waals surface area contributed by atoms with Crippen molar-refractivity contribution in [2.24, 2.45) is 0 Å². The number of ketones is 2. The molecule has 1 aliphatic heterocycles. The highest BCUT2D eigenvalue weighted by atomic mass is 32.2. The Morgan fingerprint density at radius 2 is 1.90 bits per heavy atom. The maximum atomic E-state index is 12.7. The van der Waals surface area contributed by atoms with Gasteiger partial charge in [-0.2, -0.15) is 0 Å². The van der Waals surface area contributed by atoms with Gasteiger partial charge in [0.1, 0.15) is 0 Å². The molecule has 3 rings (SSSR count). The number of thioether (sulfide) groups is 1. The first-order valence-corrected chi connectivity index (χ1v) is 10.1. The van der Waals surface area contributed by atoms with E-state index in [1.54, 1.807) is 19.9 Å². The number of para-hydroxylation sites is 1. The lowest BCUT2D eigenvalue weighted by molar-refractivity contribution is -0.147. The molecule has 1 aromatic heterocycles. The van der Waals surface area contributed by atoms with Gasteiger partial charge in [-0.25, -0.2) is 0 Å². The molecule has 0 saturated carbocycles. The summed E-state index contributed by atoms with van der Waals surface area (Å²) >= 11 is 1.29. The second kappa shape index (κ2) is 8.24. The molecule has 1 aromatic carbocycles. The van der Waals surface area contributed by atoms with Crippen LogP contribution in [0, 0.1) is 13.8 Å². The fourth-order valence-corrected chi connectivity index (χ4v) is 4.50. The first kappa shape index (κ1) is 20.9. The molecule has 0 fully saturated rings. The number of H-pyrrole nitrogens is 1. The molecule has 1 aliphatic rings. The van der Waals surface area contributed by atoms with E-state index in [4.69, 9.17) is 4.74 Å². The van der Waals surface area contributed by atoms with Gasteiger partial charge in [0.15, 0.2) is 11.9 Å². The highest BCUT2D eigenvalue weighted by Gasteiger charge is 2.31. The standard InChI is InChI=1S/C21H22N2O5S/c1-10-18(12(3)24)11(2)22-19(10)20(26)13(4)28-17(25)9-16-21(27)23-14-7-5-6-8-15(14)29-16/h5-8,13,16,22H,9H2,1-4H3,(H,23,27)/t13-,16-/m0/s1. The number of carbonyl (C=O) groups is 4. The van der Waals surface area contributed by atoms with Crippen LogP contribution in [0.25, 0.3) is 0 Å². The Hall–Kier alpha value is -2.87. The van der Waals surface area contributed by atoms with Crippen molar-refractivity contribution in [3.63, 3.8) is 0 Å². The number of esters is 1. The molecule has 2 atom stereocenters. The van der Waals surface area contributed by atoms with E-state index >= 15 is 0 Å². The van der Waals surface area contributed by atoms with Crippen LogP contribution in [-0.2, 0) is 14.3 Å². The molecule has 0 spiro atoms. The van der Waals surface area contributed by atoms with Crippen molar-refractivity contribution in [2.75, 3.05) is 5.32 Å². The Balaban J connectivity index is 1.65. The lowest BCUT2D eigenvalue weighted by Gasteiger charge is -2.23. The topological polar surface area (TPSA) is 105 Å². The van der Waals surface area contributed by atoms with Gasteiger partial charge in [0.25, 0.3) is 0 Å². The summed E-state index contributed by atoms with van der Waals surface area (Å²) in [5, 5.41) is 2.15. The van der Waals surface area contributed by atoms with Crippen molar-refractivity contribution >= 4 is 40.9 Å². The normalized spacial score (nSPS) is 16.6. The molecule has 8 heteroatoms.